The molecule has 0 amide bonds. The van der Waals surface area contributed by atoms with Crippen LogP contribution in [-0.2, 0) is 23.7 Å². The van der Waals surface area contributed by atoms with Gasteiger partial charge in [0, 0.05) is 17.1 Å². The number of hydrogen-bond acceptors (Lipinski definition) is 1. The Hall–Kier alpha value is -5.66. The summed E-state index contributed by atoms with van der Waals surface area (Å²) >= 11 is 0. The van der Waals surface area contributed by atoms with Crippen molar-refractivity contribution >= 4 is 17.1 Å². The van der Waals surface area contributed by atoms with E-state index in [4.69, 9.17) is 0 Å². The van der Waals surface area contributed by atoms with Gasteiger partial charge in [-0.25, -0.2) is 0 Å². The largest absolute Gasteiger partial charge is 0.310 e. The summed E-state index contributed by atoms with van der Waals surface area (Å²) in [6.45, 7) is 18.4. The Morgan fingerprint density at radius 2 is 0.934 bits per heavy atom. The predicted molar refractivity (Wildman–Crippen MR) is 265 cm³/mol. The van der Waals surface area contributed by atoms with E-state index >= 15 is 0 Å². The predicted octanol–water partition coefficient (Wildman–Crippen LogP) is 17.6. The molecule has 0 atom stereocenters. The molecule has 0 heterocycles. The van der Waals surface area contributed by atoms with E-state index in [2.05, 4.69) is 218 Å². The smallest absolute Gasteiger partial charge is 0.0467 e. The molecule has 0 aliphatic heterocycles. The Labute approximate surface area is 367 Å². The quantitative estimate of drug-likeness (QED) is 0.133. The lowest BCUT2D eigenvalue weighted by molar-refractivity contribution is 0.443. The van der Waals surface area contributed by atoms with Crippen molar-refractivity contribution < 1.29 is 0 Å². The van der Waals surface area contributed by atoms with Gasteiger partial charge in [0.25, 0.3) is 0 Å². The Kier molecular flexibility index (Phi) is 12.2. The highest BCUT2D eigenvalue weighted by Gasteiger charge is 2.22. The standard InChI is InChI=1S/C60H65N/c1-9-42-18-14-15-25-57(42)58-35-34-56(39-43(58)10-2)61(54-32-30-47(31-33-54)46-28-26-45(27-29-46)44-19-12-11-13-20-44)55-24-17-23-50(40-55)48-21-16-22-49(36-48)51-37-52(59(3,4)5)41-53(38-51)60(6,7)8/h14-18,21-41,44H,9-13,19-20H2,1-8H3. The van der Waals surface area contributed by atoms with E-state index in [-0.39, 0.29) is 10.8 Å². The number of anilines is 3. The maximum absolute atomic E-state index is 2.44. The van der Waals surface area contributed by atoms with Crippen molar-refractivity contribution in [1.29, 1.82) is 0 Å². The molecule has 0 spiro atoms. The molecule has 0 radical (unpaired) electrons. The van der Waals surface area contributed by atoms with E-state index in [0.29, 0.717) is 5.92 Å². The third-order valence-electron chi connectivity index (χ3n) is 13.2. The van der Waals surface area contributed by atoms with Gasteiger partial charge in [-0.3, -0.25) is 0 Å². The minimum Gasteiger partial charge on any atom is -0.310 e. The number of benzene rings is 7. The van der Waals surface area contributed by atoms with Gasteiger partial charge in [-0.2, -0.15) is 0 Å². The fourth-order valence-corrected chi connectivity index (χ4v) is 9.36. The van der Waals surface area contributed by atoms with Crippen molar-refractivity contribution in [2.24, 2.45) is 0 Å². The molecule has 1 saturated carbocycles. The van der Waals surface area contributed by atoms with Gasteiger partial charge in [-0.1, -0.05) is 190 Å². The van der Waals surface area contributed by atoms with Crippen LogP contribution >= 0.6 is 0 Å². The fraction of sp³-hybridized carbons (Fsp3) is 0.300. The summed E-state index contributed by atoms with van der Waals surface area (Å²) < 4.78 is 0. The van der Waals surface area contributed by atoms with Crippen LogP contribution in [0.3, 0.4) is 0 Å². The van der Waals surface area contributed by atoms with Crippen LogP contribution in [0.5, 0.6) is 0 Å². The monoisotopic (exact) mass is 800 g/mol. The molecule has 0 saturated heterocycles. The molecule has 8 rings (SSSR count). The van der Waals surface area contributed by atoms with E-state index in [1.165, 1.54) is 110 Å². The first kappa shape index (κ1) is 42.0. The average molecular weight is 800 g/mol. The van der Waals surface area contributed by atoms with Crippen LogP contribution in [0.15, 0.2) is 158 Å². The first-order valence-corrected chi connectivity index (χ1v) is 23.0. The maximum atomic E-state index is 2.44. The number of aryl methyl sites for hydroxylation is 2. The van der Waals surface area contributed by atoms with Crippen molar-refractivity contribution in [2.75, 3.05) is 4.90 Å². The topological polar surface area (TPSA) is 3.24 Å². The summed E-state index contributed by atoms with van der Waals surface area (Å²) in [4.78, 5) is 2.44. The minimum absolute atomic E-state index is 0.0536. The van der Waals surface area contributed by atoms with Crippen molar-refractivity contribution in [2.45, 2.75) is 117 Å². The van der Waals surface area contributed by atoms with Gasteiger partial charge in [0.15, 0.2) is 0 Å². The van der Waals surface area contributed by atoms with Crippen LogP contribution in [0.4, 0.5) is 17.1 Å². The van der Waals surface area contributed by atoms with Crippen molar-refractivity contribution in [3.63, 3.8) is 0 Å². The number of rotatable bonds is 10. The normalized spacial score (nSPS) is 13.6. The van der Waals surface area contributed by atoms with Gasteiger partial charge in [-0.05, 0) is 157 Å². The molecule has 61 heavy (non-hydrogen) atoms. The molecule has 1 aliphatic rings. The molecule has 1 nitrogen and oxygen atoms in total. The van der Waals surface area contributed by atoms with Crippen LogP contribution in [-0.4, -0.2) is 0 Å². The molecule has 310 valence electrons. The zero-order valence-corrected chi connectivity index (χ0v) is 38.0. The number of hydrogen-bond donors (Lipinski definition) is 0. The third kappa shape index (κ3) is 9.33. The first-order chi connectivity index (χ1) is 29.4. The van der Waals surface area contributed by atoms with Crippen molar-refractivity contribution in [3.8, 4) is 44.5 Å². The lowest BCUT2D eigenvalue weighted by Crippen LogP contribution is -2.16. The average Bonchev–Trinajstić information content (AvgIpc) is 3.29. The molecule has 1 fully saturated rings. The van der Waals surface area contributed by atoms with Gasteiger partial charge in [-0.15, -0.1) is 0 Å². The molecule has 0 aromatic heterocycles. The van der Waals surface area contributed by atoms with Crippen LogP contribution in [0.25, 0.3) is 44.5 Å². The Bertz CT molecular complexity index is 2550. The molecular weight excluding hydrogens is 735 g/mol. The van der Waals surface area contributed by atoms with E-state index in [0.717, 1.165) is 24.2 Å². The molecule has 0 bridgehead atoms. The Morgan fingerprint density at radius 3 is 1.56 bits per heavy atom. The van der Waals surface area contributed by atoms with Gasteiger partial charge < -0.3 is 4.90 Å². The zero-order valence-electron chi connectivity index (χ0n) is 38.0. The first-order valence-electron chi connectivity index (χ1n) is 23.0. The SMILES string of the molecule is CCc1ccccc1-c1ccc(N(c2ccc(-c3ccc(C4CCCCC4)cc3)cc2)c2cccc(-c3cccc(-c4cc(C(C)(C)C)cc(C(C)(C)C)c4)c3)c2)cc1CC. The highest BCUT2D eigenvalue weighted by Crippen LogP contribution is 2.42. The van der Waals surface area contributed by atoms with Gasteiger partial charge in [0.1, 0.15) is 0 Å². The molecule has 0 N–H and O–H groups in total. The second-order valence-electron chi connectivity index (χ2n) is 19.5. The summed E-state index contributed by atoms with van der Waals surface area (Å²) in [5, 5.41) is 0. The van der Waals surface area contributed by atoms with Gasteiger partial charge in [0.2, 0.25) is 0 Å². The summed E-state index contributed by atoms with van der Waals surface area (Å²) in [6.07, 6.45) is 8.72. The molecule has 0 unspecified atom stereocenters. The lowest BCUT2D eigenvalue weighted by atomic mass is 9.79. The number of nitrogens with zero attached hydrogens (tertiary/aromatic N) is 1. The van der Waals surface area contributed by atoms with E-state index < -0.39 is 0 Å². The molecule has 7 aromatic carbocycles. The van der Waals surface area contributed by atoms with Crippen LogP contribution in [0.2, 0.25) is 0 Å². The molecular formula is C60H65N. The summed E-state index contributed by atoms with van der Waals surface area (Å²) in [7, 11) is 0. The lowest BCUT2D eigenvalue weighted by Gasteiger charge is -2.27. The van der Waals surface area contributed by atoms with E-state index in [1.807, 2.05) is 0 Å². The van der Waals surface area contributed by atoms with Crippen molar-refractivity contribution in [3.05, 3.63) is 186 Å². The Morgan fingerprint density at radius 1 is 0.410 bits per heavy atom. The fourth-order valence-electron chi connectivity index (χ4n) is 9.36. The highest BCUT2D eigenvalue weighted by atomic mass is 15.1. The summed E-state index contributed by atoms with van der Waals surface area (Å²) in [6, 6.07) is 60.0. The van der Waals surface area contributed by atoms with Crippen LogP contribution < -0.4 is 4.90 Å². The zero-order chi connectivity index (χ0) is 42.7. The summed E-state index contributed by atoms with van der Waals surface area (Å²) in [5.41, 5.74) is 20.7. The molecule has 1 heteroatoms. The maximum Gasteiger partial charge on any atom is 0.0467 e. The van der Waals surface area contributed by atoms with E-state index in [9.17, 15) is 0 Å². The second-order valence-corrected chi connectivity index (χ2v) is 19.5. The van der Waals surface area contributed by atoms with Crippen molar-refractivity contribution in [1.82, 2.24) is 0 Å². The summed E-state index contributed by atoms with van der Waals surface area (Å²) in [5.74, 6) is 0.716. The highest BCUT2D eigenvalue weighted by molar-refractivity contribution is 5.84. The second kappa shape index (κ2) is 17.7. The minimum atomic E-state index is 0.0536. The van der Waals surface area contributed by atoms with Crippen LogP contribution in [0.1, 0.15) is 121 Å². The molecule has 7 aromatic rings. The van der Waals surface area contributed by atoms with Gasteiger partial charge in [0.05, 0.1) is 0 Å². The van der Waals surface area contributed by atoms with Crippen LogP contribution in [0, 0.1) is 0 Å². The van der Waals surface area contributed by atoms with Gasteiger partial charge >= 0.3 is 0 Å². The third-order valence-corrected chi connectivity index (χ3v) is 13.2. The Balaban J connectivity index is 1.19. The molecule has 1 aliphatic carbocycles. The van der Waals surface area contributed by atoms with E-state index in [1.54, 1.807) is 0 Å².